The first-order valence-electron chi connectivity index (χ1n) is 6.35. The molecule has 2 rings (SSSR count). The van der Waals surface area contributed by atoms with Crippen molar-refractivity contribution >= 4 is 5.91 Å². The third kappa shape index (κ3) is 3.26. The molecular formula is C13H18FN3O. The number of carbonyl (C=O) groups is 1. The fourth-order valence-corrected chi connectivity index (χ4v) is 2.00. The van der Waals surface area contributed by atoms with Crippen molar-refractivity contribution in [3.05, 3.63) is 29.8 Å². The van der Waals surface area contributed by atoms with Gasteiger partial charge in [0.15, 0.2) is 0 Å². The number of rotatable bonds is 6. The fourth-order valence-electron chi connectivity index (χ4n) is 2.00. The summed E-state index contributed by atoms with van der Waals surface area (Å²) in [6.07, 6.45) is 3.83. The van der Waals surface area contributed by atoms with Crippen LogP contribution >= 0.6 is 0 Å². The van der Waals surface area contributed by atoms with Gasteiger partial charge in [0.25, 0.3) is 5.91 Å². The molecule has 0 aliphatic heterocycles. The van der Waals surface area contributed by atoms with Crippen molar-refractivity contribution in [3.63, 3.8) is 0 Å². The van der Waals surface area contributed by atoms with Gasteiger partial charge in [-0.1, -0.05) is 6.92 Å². The van der Waals surface area contributed by atoms with E-state index in [9.17, 15) is 9.18 Å². The van der Waals surface area contributed by atoms with Crippen molar-refractivity contribution < 1.29 is 9.18 Å². The van der Waals surface area contributed by atoms with Crippen molar-refractivity contribution in [2.75, 3.05) is 19.6 Å². The Morgan fingerprint density at radius 2 is 2.39 bits per heavy atom. The summed E-state index contributed by atoms with van der Waals surface area (Å²) in [5, 5.41) is 2.73. The predicted octanol–water partition coefficient (Wildman–Crippen LogP) is 1.43. The van der Waals surface area contributed by atoms with Crippen LogP contribution < -0.4 is 5.32 Å². The Kier molecular flexibility index (Phi) is 4.25. The minimum absolute atomic E-state index is 0.00645. The van der Waals surface area contributed by atoms with Crippen LogP contribution in [-0.2, 0) is 0 Å². The van der Waals surface area contributed by atoms with Crippen LogP contribution in [0.25, 0.3) is 0 Å². The quantitative estimate of drug-likeness (QED) is 0.778. The SMILES string of the molecule is CCN(CCNC(=O)c1cccnc1F)C1CC1. The van der Waals surface area contributed by atoms with Crippen molar-refractivity contribution in [2.24, 2.45) is 0 Å². The molecule has 0 saturated heterocycles. The van der Waals surface area contributed by atoms with E-state index in [-0.39, 0.29) is 5.56 Å². The molecule has 1 saturated carbocycles. The van der Waals surface area contributed by atoms with E-state index in [2.05, 4.69) is 22.1 Å². The monoisotopic (exact) mass is 251 g/mol. The minimum Gasteiger partial charge on any atom is -0.351 e. The van der Waals surface area contributed by atoms with E-state index < -0.39 is 11.9 Å². The molecule has 1 aromatic rings. The molecule has 4 nitrogen and oxygen atoms in total. The van der Waals surface area contributed by atoms with Crippen LogP contribution in [0.1, 0.15) is 30.1 Å². The van der Waals surface area contributed by atoms with Gasteiger partial charge in [0.05, 0.1) is 5.56 Å². The number of hydrogen-bond acceptors (Lipinski definition) is 3. The second kappa shape index (κ2) is 5.91. The van der Waals surface area contributed by atoms with E-state index in [4.69, 9.17) is 0 Å². The van der Waals surface area contributed by atoms with Crippen LogP contribution in [0.15, 0.2) is 18.3 Å². The lowest BCUT2D eigenvalue weighted by Crippen LogP contribution is -2.36. The number of halogens is 1. The number of amides is 1. The van der Waals surface area contributed by atoms with Crippen LogP contribution in [0.5, 0.6) is 0 Å². The molecule has 1 aliphatic carbocycles. The van der Waals surface area contributed by atoms with Crippen LogP contribution in [0.2, 0.25) is 0 Å². The number of hydrogen-bond donors (Lipinski definition) is 1. The highest BCUT2D eigenvalue weighted by Crippen LogP contribution is 2.25. The molecule has 0 radical (unpaired) electrons. The van der Waals surface area contributed by atoms with E-state index in [0.717, 1.165) is 13.1 Å². The Labute approximate surface area is 106 Å². The molecule has 0 unspecified atom stereocenters. The van der Waals surface area contributed by atoms with Gasteiger partial charge in [-0.2, -0.15) is 4.39 Å². The number of nitrogens with one attached hydrogen (secondary N) is 1. The Balaban J connectivity index is 1.79. The summed E-state index contributed by atoms with van der Waals surface area (Å²) in [5.41, 5.74) is 0.00645. The van der Waals surface area contributed by atoms with Gasteiger partial charge in [-0.05, 0) is 31.5 Å². The average molecular weight is 251 g/mol. The molecule has 0 atom stereocenters. The first-order valence-corrected chi connectivity index (χ1v) is 6.35. The Bertz CT molecular complexity index is 420. The third-order valence-electron chi connectivity index (χ3n) is 3.16. The van der Waals surface area contributed by atoms with Gasteiger partial charge in [0.1, 0.15) is 0 Å². The van der Waals surface area contributed by atoms with Crippen molar-refractivity contribution in [2.45, 2.75) is 25.8 Å². The zero-order chi connectivity index (χ0) is 13.0. The molecule has 1 heterocycles. The van der Waals surface area contributed by atoms with Gasteiger partial charge in [-0.15, -0.1) is 0 Å². The molecule has 0 aromatic carbocycles. The van der Waals surface area contributed by atoms with Gasteiger partial charge >= 0.3 is 0 Å². The van der Waals surface area contributed by atoms with Gasteiger partial charge in [-0.3, -0.25) is 9.69 Å². The summed E-state index contributed by atoms with van der Waals surface area (Å²) in [4.78, 5) is 17.5. The maximum Gasteiger partial charge on any atom is 0.255 e. The Morgan fingerprint density at radius 1 is 1.61 bits per heavy atom. The van der Waals surface area contributed by atoms with Crippen LogP contribution in [-0.4, -0.2) is 41.5 Å². The highest BCUT2D eigenvalue weighted by molar-refractivity contribution is 5.94. The van der Waals surface area contributed by atoms with E-state index >= 15 is 0 Å². The van der Waals surface area contributed by atoms with E-state index in [1.807, 2.05) is 0 Å². The molecule has 5 heteroatoms. The summed E-state index contributed by atoms with van der Waals surface area (Å²) in [6, 6.07) is 3.68. The highest BCUT2D eigenvalue weighted by Gasteiger charge is 2.27. The summed E-state index contributed by atoms with van der Waals surface area (Å²) >= 11 is 0. The van der Waals surface area contributed by atoms with E-state index in [0.29, 0.717) is 12.6 Å². The number of carbonyl (C=O) groups excluding carboxylic acids is 1. The average Bonchev–Trinajstić information content (AvgIpc) is 3.19. The lowest BCUT2D eigenvalue weighted by Gasteiger charge is -2.19. The molecule has 1 aromatic heterocycles. The molecule has 1 N–H and O–H groups in total. The van der Waals surface area contributed by atoms with Gasteiger partial charge in [0.2, 0.25) is 5.95 Å². The third-order valence-corrected chi connectivity index (χ3v) is 3.16. The standard InChI is InChI=1S/C13H18FN3O/c1-2-17(10-5-6-10)9-8-16-13(18)11-4-3-7-15-12(11)14/h3-4,7,10H,2,5-6,8-9H2,1H3,(H,16,18). The molecule has 1 amide bonds. The first kappa shape index (κ1) is 13.0. The van der Waals surface area contributed by atoms with Crippen molar-refractivity contribution in [1.82, 2.24) is 15.2 Å². The van der Waals surface area contributed by atoms with Crippen molar-refractivity contribution in [3.8, 4) is 0 Å². The van der Waals surface area contributed by atoms with Crippen LogP contribution in [0.3, 0.4) is 0 Å². The van der Waals surface area contributed by atoms with Gasteiger partial charge in [0, 0.05) is 25.3 Å². The molecule has 98 valence electrons. The number of pyridine rings is 1. The molecule has 0 spiro atoms. The zero-order valence-corrected chi connectivity index (χ0v) is 10.5. The first-order chi connectivity index (χ1) is 8.72. The number of likely N-dealkylation sites (N-methyl/N-ethyl adjacent to an activating group) is 1. The zero-order valence-electron chi connectivity index (χ0n) is 10.5. The lowest BCUT2D eigenvalue weighted by molar-refractivity contribution is 0.0943. The maximum absolute atomic E-state index is 13.2. The Morgan fingerprint density at radius 3 is 3.00 bits per heavy atom. The largest absolute Gasteiger partial charge is 0.351 e. The predicted molar refractivity (Wildman–Crippen MR) is 66.8 cm³/mol. The normalized spacial score (nSPS) is 14.8. The molecule has 0 bridgehead atoms. The summed E-state index contributed by atoms with van der Waals surface area (Å²) in [7, 11) is 0. The van der Waals surface area contributed by atoms with Crippen LogP contribution in [0.4, 0.5) is 4.39 Å². The smallest absolute Gasteiger partial charge is 0.255 e. The number of aromatic nitrogens is 1. The molecule has 18 heavy (non-hydrogen) atoms. The second-order valence-corrected chi connectivity index (χ2v) is 4.46. The molecular weight excluding hydrogens is 233 g/mol. The minimum atomic E-state index is -0.718. The van der Waals surface area contributed by atoms with E-state index in [1.54, 1.807) is 6.07 Å². The second-order valence-electron chi connectivity index (χ2n) is 4.46. The lowest BCUT2D eigenvalue weighted by atomic mass is 10.2. The summed E-state index contributed by atoms with van der Waals surface area (Å²) in [6.45, 7) is 4.45. The Hall–Kier alpha value is -1.49. The maximum atomic E-state index is 13.2. The summed E-state index contributed by atoms with van der Waals surface area (Å²) < 4.78 is 13.2. The van der Waals surface area contributed by atoms with Gasteiger partial charge < -0.3 is 5.32 Å². The highest BCUT2D eigenvalue weighted by atomic mass is 19.1. The van der Waals surface area contributed by atoms with E-state index in [1.165, 1.54) is 25.1 Å². The van der Waals surface area contributed by atoms with Crippen LogP contribution in [0, 0.1) is 5.95 Å². The number of nitrogens with zero attached hydrogens (tertiary/aromatic N) is 2. The van der Waals surface area contributed by atoms with Crippen molar-refractivity contribution in [1.29, 1.82) is 0 Å². The molecule has 1 aliphatic rings. The molecule has 1 fully saturated rings. The summed E-state index contributed by atoms with van der Waals surface area (Å²) in [5.74, 6) is -1.11. The fraction of sp³-hybridized carbons (Fsp3) is 0.538. The topological polar surface area (TPSA) is 45.2 Å². The van der Waals surface area contributed by atoms with Gasteiger partial charge in [-0.25, -0.2) is 4.98 Å².